The first-order valence-electron chi connectivity index (χ1n) is 9.33. The zero-order valence-electron chi connectivity index (χ0n) is 14.7. The van der Waals surface area contributed by atoms with Crippen LogP contribution in [0.4, 0.5) is 0 Å². The quantitative estimate of drug-likeness (QED) is 0.510. The van der Waals surface area contributed by atoms with Gasteiger partial charge in [-0.25, -0.2) is 4.98 Å². The Labute approximate surface area is 156 Å². The monoisotopic (exact) mass is 369 g/mol. The second kappa shape index (κ2) is 8.03. The summed E-state index contributed by atoms with van der Waals surface area (Å²) in [7, 11) is 0. The van der Waals surface area contributed by atoms with Gasteiger partial charge in [-0.05, 0) is 25.3 Å². The molecule has 7 heteroatoms. The lowest BCUT2D eigenvalue weighted by molar-refractivity contribution is -0.122. The number of aromatic amines is 1. The predicted octanol–water partition coefficient (Wildman–Crippen LogP) is 3.83. The van der Waals surface area contributed by atoms with Gasteiger partial charge in [0.2, 0.25) is 11.1 Å². The number of rotatable bonds is 6. The van der Waals surface area contributed by atoms with Gasteiger partial charge in [0, 0.05) is 29.1 Å². The lowest BCUT2D eigenvalue weighted by atomic mass is 9.95. The molecule has 1 aromatic carbocycles. The summed E-state index contributed by atoms with van der Waals surface area (Å²) in [6, 6.07) is 8.39. The van der Waals surface area contributed by atoms with E-state index in [4.69, 9.17) is 0 Å². The second-order valence-corrected chi connectivity index (χ2v) is 7.88. The Balaban J connectivity index is 1.28. The zero-order valence-corrected chi connectivity index (χ0v) is 15.5. The number of hydrogen-bond donors (Lipinski definition) is 2. The number of carbonyl (C=O) groups is 1. The molecule has 136 valence electrons. The maximum absolute atomic E-state index is 12.0. The van der Waals surface area contributed by atoms with Crippen molar-refractivity contribution in [2.75, 3.05) is 5.75 Å². The van der Waals surface area contributed by atoms with Crippen LogP contribution in [0.2, 0.25) is 0 Å². The van der Waals surface area contributed by atoms with Crippen molar-refractivity contribution >= 4 is 39.7 Å². The number of amides is 1. The second-order valence-electron chi connectivity index (χ2n) is 6.82. The fourth-order valence-electron chi connectivity index (χ4n) is 3.51. The third-order valence-corrected chi connectivity index (χ3v) is 5.78. The standard InChI is InChI=1S/C19H23N5OS/c25-16(20-13-7-2-1-3-8-13)11-6-12-26-19-22-18-17(23-24-19)14-9-4-5-10-15(14)21-18/h4-5,9-10,13H,1-3,6-8,11-12H2,(H,20,25)(H,21,22,24). The molecule has 0 bridgehead atoms. The van der Waals surface area contributed by atoms with Gasteiger partial charge in [-0.1, -0.05) is 49.2 Å². The summed E-state index contributed by atoms with van der Waals surface area (Å²) in [5.74, 6) is 0.980. The van der Waals surface area contributed by atoms with E-state index < -0.39 is 0 Å². The van der Waals surface area contributed by atoms with Crippen LogP contribution in [0.5, 0.6) is 0 Å². The van der Waals surface area contributed by atoms with Crippen molar-refractivity contribution in [1.82, 2.24) is 25.5 Å². The molecule has 26 heavy (non-hydrogen) atoms. The van der Waals surface area contributed by atoms with Gasteiger partial charge in [0.1, 0.15) is 5.52 Å². The Bertz CT molecular complexity index is 903. The van der Waals surface area contributed by atoms with Gasteiger partial charge in [0.25, 0.3) is 0 Å². The van der Waals surface area contributed by atoms with E-state index >= 15 is 0 Å². The third kappa shape index (κ3) is 3.98. The SMILES string of the molecule is O=C(CCCSc1nnc2c(n1)[nH]c1ccccc12)NC1CCCCC1. The number of nitrogens with one attached hydrogen (secondary N) is 2. The molecule has 1 aliphatic rings. The van der Waals surface area contributed by atoms with E-state index in [-0.39, 0.29) is 5.91 Å². The molecular weight excluding hydrogens is 346 g/mol. The lowest BCUT2D eigenvalue weighted by Crippen LogP contribution is -2.36. The number of benzene rings is 1. The summed E-state index contributed by atoms with van der Waals surface area (Å²) in [6.07, 6.45) is 7.42. The zero-order chi connectivity index (χ0) is 17.8. The molecule has 3 aromatic rings. The number of thioether (sulfide) groups is 1. The molecule has 4 rings (SSSR count). The fourth-order valence-corrected chi connectivity index (χ4v) is 4.24. The van der Waals surface area contributed by atoms with Gasteiger partial charge in [-0.2, -0.15) is 0 Å². The van der Waals surface area contributed by atoms with Crippen molar-refractivity contribution in [3.05, 3.63) is 24.3 Å². The molecule has 1 fully saturated rings. The maximum atomic E-state index is 12.0. The molecule has 1 saturated carbocycles. The molecule has 0 saturated heterocycles. The van der Waals surface area contributed by atoms with Gasteiger partial charge in [-0.15, -0.1) is 10.2 Å². The molecule has 0 radical (unpaired) electrons. The van der Waals surface area contributed by atoms with Crippen molar-refractivity contribution in [2.45, 2.75) is 56.1 Å². The lowest BCUT2D eigenvalue weighted by Gasteiger charge is -2.22. The van der Waals surface area contributed by atoms with Gasteiger partial charge >= 0.3 is 0 Å². The summed E-state index contributed by atoms with van der Waals surface area (Å²) >= 11 is 1.55. The normalized spacial score (nSPS) is 15.5. The van der Waals surface area contributed by atoms with E-state index in [0.717, 1.165) is 47.1 Å². The molecule has 2 aromatic heterocycles. The smallest absolute Gasteiger partial charge is 0.220 e. The number of carbonyl (C=O) groups excluding carboxylic acids is 1. The molecule has 0 atom stereocenters. The van der Waals surface area contributed by atoms with Crippen LogP contribution in [-0.4, -0.2) is 37.9 Å². The molecule has 2 N–H and O–H groups in total. The average molecular weight is 369 g/mol. The average Bonchev–Trinajstić information content (AvgIpc) is 3.04. The van der Waals surface area contributed by atoms with Crippen LogP contribution < -0.4 is 5.32 Å². The van der Waals surface area contributed by atoms with E-state index in [1.165, 1.54) is 19.3 Å². The summed E-state index contributed by atoms with van der Waals surface area (Å²) in [5, 5.41) is 13.4. The summed E-state index contributed by atoms with van der Waals surface area (Å²) in [6.45, 7) is 0. The van der Waals surface area contributed by atoms with Crippen LogP contribution in [0.15, 0.2) is 29.4 Å². The van der Waals surface area contributed by atoms with Crippen LogP contribution in [0, 0.1) is 0 Å². The van der Waals surface area contributed by atoms with Crippen molar-refractivity contribution in [3.8, 4) is 0 Å². The molecule has 0 aliphatic heterocycles. The summed E-state index contributed by atoms with van der Waals surface area (Å²) < 4.78 is 0. The number of fused-ring (bicyclic) bond motifs is 3. The highest BCUT2D eigenvalue weighted by molar-refractivity contribution is 7.99. The molecule has 0 spiro atoms. The Morgan fingerprint density at radius 2 is 2.04 bits per heavy atom. The molecule has 1 amide bonds. The predicted molar refractivity (Wildman–Crippen MR) is 104 cm³/mol. The fraction of sp³-hybridized carbons (Fsp3) is 0.474. The number of H-pyrrole nitrogens is 1. The highest BCUT2D eigenvalue weighted by Crippen LogP contribution is 2.23. The molecule has 0 unspecified atom stereocenters. The summed E-state index contributed by atoms with van der Waals surface area (Å²) in [5.41, 5.74) is 2.58. The van der Waals surface area contributed by atoms with Crippen molar-refractivity contribution in [1.29, 1.82) is 0 Å². The number of para-hydroxylation sites is 1. The van der Waals surface area contributed by atoms with Crippen LogP contribution in [0.25, 0.3) is 22.1 Å². The first-order chi connectivity index (χ1) is 12.8. The van der Waals surface area contributed by atoms with Crippen LogP contribution in [0.1, 0.15) is 44.9 Å². The van der Waals surface area contributed by atoms with E-state index in [1.807, 2.05) is 24.3 Å². The van der Waals surface area contributed by atoms with Gasteiger partial charge in [-0.3, -0.25) is 4.79 Å². The van der Waals surface area contributed by atoms with Crippen molar-refractivity contribution < 1.29 is 4.79 Å². The van der Waals surface area contributed by atoms with Crippen LogP contribution in [-0.2, 0) is 4.79 Å². The van der Waals surface area contributed by atoms with E-state index in [1.54, 1.807) is 11.8 Å². The highest BCUT2D eigenvalue weighted by atomic mass is 32.2. The van der Waals surface area contributed by atoms with E-state index in [0.29, 0.717) is 17.6 Å². The van der Waals surface area contributed by atoms with Gasteiger partial charge in [0.15, 0.2) is 5.65 Å². The van der Waals surface area contributed by atoms with Crippen molar-refractivity contribution in [2.24, 2.45) is 0 Å². The Kier molecular flexibility index (Phi) is 5.34. The summed E-state index contributed by atoms with van der Waals surface area (Å²) in [4.78, 5) is 19.9. The minimum absolute atomic E-state index is 0.169. The minimum Gasteiger partial charge on any atom is -0.353 e. The third-order valence-electron chi connectivity index (χ3n) is 4.85. The largest absolute Gasteiger partial charge is 0.353 e. The molecular formula is C19H23N5OS. The molecule has 2 heterocycles. The molecule has 1 aliphatic carbocycles. The van der Waals surface area contributed by atoms with Crippen molar-refractivity contribution in [3.63, 3.8) is 0 Å². The van der Waals surface area contributed by atoms with Crippen LogP contribution >= 0.6 is 11.8 Å². The van der Waals surface area contributed by atoms with Gasteiger partial charge in [0.05, 0.1) is 0 Å². The van der Waals surface area contributed by atoms with E-state index in [2.05, 4.69) is 25.5 Å². The molecule has 6 nitrogen and oxygen atoms in total. The maximum Gasteiger partial charge on any atom is 0.220 e. The Morgan fingerprint density at radius 1 is 1.19 bits per heavy atom. The minimum atomic E-state index is 0.169. The topological polar surface area (TPSA) is 83.6 Å². The van der Waals surface area contributed by atoms with Gasteiger partial charge < -0.3 is 10.3 Å². The van der Waals surface area contributed by atoms with Crippen LogP contribution in [0.3, 0.4) is 0 Å². The Hall–Kier alpha value is -2.15. The first kappa shape index (κ1) is 17.3. The highest BCUT2D eigenvalue weighted by Gasteiger charge is 2.15. The first-order valence-corrected chi connectivity index (χ1v) is 10.3. The van der Waals surface area contributed by atoms with E-state index in [9.17, 15) is 4.79 Å². The Morgan fingerprint density at radius 3 is 2.92 bits per heavy atom. The number of nitrogens with zero attached hydrogens (tertiary/aromatic N) is 3. The number of aromatic nitrogens is 4. The number of hydrogen-bond acceptors (Lipinski definition) is 5.